The number of hydrogen-bond acceptors (Lipinski definition) is 5. The Hall–Kier alpha value is -2.19. The molecule has 2 aromatic carbocycles. The third-order valence-electron chi connectivity index (χ3n) is 7.02. The molecule has 0 unspecified atom stereocenters. The number of hydrogen-bond donors (Lipinski definition) is 1. The molecule has 0 spiro atoms. The van der Waals surface area contributed by atoms with Gasteiger partial charge in [0.1, 0.15) is 0 Å². The molecule has 0 aromatic heterocycles. The van der Waals surface area contributed by atoms with Gasteiger partial charge in [0.15, 0.2) is 23.9 Å². The predicted molar refractivity (Wildman–Crippen MR) is 176 cm³/mol. The summed E-state index contributed by atoms with van der Waals surface area (Å²) in [5.41, 5.74) is 1.78. The number of unbranched alkanes of at least 4 members (excludes halogenated alkanes) is 11. The summed E-state index contributed by atoms with van der Waals surface area (Å²) in [6.07, 6.45) is 17.2. The maximum Gasteiger partial charge on any atom is 0.262 e. The minimum Gasteiger partial charge on any atom is -0.487 e. The van der Waals surface area contributed by atoms with Crippen molar-refractivity contribution in [3.63, 3.8) is 0 Å². The molecule has 0 atom stereocenters. The molecule has 1 aliphatic rings. The number of carbonyl (C=O) groups is 1. The molecule has 8 heteroatoms. The van der Waals surface area contributed by atoms with Gasteiger partial charge in [-0.05, 0) is 42.0 Å². The van der Waals surface area contributed by atoms with Gasteiger partial charge >= 0.3 is 0 Å². The van der Waals surface area contributed by atoms with Gasteiger partial charge in [-0.2, -0.15) is 0 Å². The topological polar surface area (TPSA) is 50.8 Å². The molecule has 2 aromatic rings. The Morgan fingerprint density at radius 3 is 2.22 bits per heavy atom. The van der Waals surface area contributed by atoms with Crippen molar-refractivity contribution in [2.45, 2.75) is 97.4 Å². The third kappa shape index (κ3) is 13.6. The van der Waals surface area contributed by atoms with E-state index in [2.05, 4.69) is 30.3 Å². The normalized spacial score (nSPS) is 12.6. The van der Waals surface area contributed by atoms with E-state index < -0.39 is 5.82 Å². The largest absolute Gasteiger partial charge is 0.487 e. The van der Waals surface area contributed by atoms with Crippen molar-refractivity contribution in [2.24, 2.45) is 0 Å². The van der Waals surface area contributed by atoms with Gasteiger partial charge in [-0.1, -0.05) is 102 Å². The number of rotatable bonds is 20. The Labute approximate surface area is 261 Å². The Morgan fingerprint density at radius 1 is 0.902 bits per heavy atom. The first-order valence-electron chi connectivity index (χ1n) is 15.0. The fourth-order valence-electron chi connectivity index (χ4n) is 4.80. The van der Waals surface area contributed by atoms with Gasteiger partial charge < -0.3 is 19.7 Å². The van der Waals surface area contributed by atoms with Gasteiger partial charge in [0.2, 0.25) is 0 Å². The fraction of sp³-hybridized carbons (Fsp3) is 0.545. The van der Waals surface area contributed by atoms with Gasteiger partial charge in [0.05, 0.1) is 12.5 Å². The first-order chi connectivity index (χ1) is 19.6. The van der Waals surface area contributed by atoms with E-state index in [0.29, 0.717) is 13.2 Å². The molecule has 0 radical (unpaired) electrons. The second-order valence-corrected chi connectivity index (χ2v) is 11.7. The Morgan fingerprint density at radius 2 is 1.56 bits per heavy atom. The molecule has 3 rings (SSSR count). The van der Waals surface area contributed by atoms with E-state index in [9.17, 15) is 9.18 Å². The molecule has 228 valence electrons. The van der Waals surface area contributed by atoms with Gasteiger partial charge in [0.25, 0.3) is 5.91 Å². The highest BCUT2D eigenvalue weighted by atomic mass is 79.9. The van der Waals surface area contributed by atoms with Crippen LogP contribution in [0.25, 0.3) is 0 Å². The van der Waals surface area contributed by atoms with Crippen LogP contribution in [-0.4, -0.2) is 29.9 Å². The van der Waals surface area contributed by atoms with Gasteiger partial charge in [0, 0.05) is 18.4 Å². The molecular formula is C33H48BrFN2O3S. The number of nitrogens with one attached hydrogen (secondary N) is 1. The van der Waals surface area contributed by atoms with Crippen LogP contribution in [0.4, 0.5) is 10.1 Å². The Bertz CT molecular complexity index is 1070. The molecule has 0 saturated carbocycles. The van der Waals surface area contributed by atoms with E-state index in [1.54, 1.807) is 23.9 Å². The number of ether oxygens (including phenoxy) is 2. The van der Waals surface area contributed by atoms with E-state index in [1.165, 1.54) is 75.2 Å². The number of benzene rings is 2. The van der Waals surface area contributed by atoms with Crippen molar-refractivity contribution in [3.05, 3.63) is 65.0 Å². The van der Waals surface area contributed by atoms with Crippen molar-refractivity contribution in [3.8, 4) is 11.5 Å². The molecule has 1 amide bonds. The van der Waals surface area contributed by atoms with Crippen molar-refractivity contribution in [1.82, 2.24) is 4.90 Å². The zero-order chi connectivity index (χ0) is 28.4. The second kappa shape index (κ2) is 20.6. The van der Waals surface area contributed by atoms with E-state index in [4.69, 9.17) is 9.47 Å². The summed E-state index contributed by atoms with van der Waals surface area (Å²) in [6, 6.07) is 12.3. The van der Waals surface area contributed by atoms with E-state index in [-0.39, 0.29) is 41.0 Å². The maximum atomic E-state index is 14.5. The van der Waals surface area contributed by atoms with E-state index >= 15 is 0 Å². The number of carbonyl (C=O) groups excluding carboxylic acids is 1. The number of amides is 1. The molecule has 1 N–H and O–H groups in total. The molecule has 41 heavy (non-hydrogen) atoms. The van der Waals surface area contributed by atoms with Crippen LogP contribution in [0.2, 0.25) is 0 Å². The summed E-state index contributed by atoms with van der Waals surface area (Å²) in [5.74, 6) is 0.448. The zero-order valence-electron chi connectivity index (χ0n) is 24.8. The lowest BCUT2D eigenvalue weighted by atomic mass is 10.1. The number of allylic oxidation sites excluding steroid dienone is 1. The first kappa shape index (κ1) is 35.0. The third-order valence-corrected chi connectivity index (χ3v) is 8.04. The average Bonchev–Trinajstić information content (AvgIpc) is 3.36. The fourth-order valence-corrected chi connectivity index (χ4v) is 5.56. The number of halogens is 2. The summed E-state index contributed by atoms with van der Waals surface area (Å²) < 4.78 is 26.0. The van der Waals surface area contributed by atoms with Crippen LogP contribution in [0.3, 0.4) is 0 Å². The van der Waals surface area contributed by atoms with Crippen molar-refractivity contribution in [1.29, 1.82) is 0 Å². The SMILES string of the molecule is Br.CCCCCCCCCCCCCCOc1c(F)cccc1OCC(=O)Nc1ccccc1CN1C=C(C)SC1. The molecule has 5 nitrogen and oxygen atoms in total. The molecule has 0 bridgehead atoms. The van der Waals surface area contributed by atoms with E-state index in [0.717, 1.165) is 30.0 Å². The number of thioether (sulfide) groups is 1. The lowest BCUT2D eigenvalue weighted by Gasteiger charge is -2.18. The molecule has 1 heterocycles. The van der Waals surface area contributed by atoms with Gasteiger partial charge in [-0.25, -0.2) is 4.39 Å². The number of anilines is 1. The summed E-state index contributed by atoms with van der Waals surface area (Å²) in [5, 5.41) is 2.94. The van der Waals surface area contributed by atoms with Crippen molar-refractivity contribution >= 4 is 40.3 Å². The average molecular weight is 652 g/mol. The van der Waals surface area contributed by atoms with Crippen LogP contribution in [0.5, 0.6) is 11.5 Å². The van der Waals surface area contributed by atoms with Gasteiger partial charge in [-0.15, -0.1) is 28.7 Å². The Kier molecular flexibility index (Phi) is 17.6. The number of nitrogens with zero attached hydrogens (tertiary/aromatic N) is 1. The molecule has 0 saturated heterocycles. The van der Waals surface area contributed by atoms with Crippen molar-refractivity contribution in [2.75, 3.05) is 24.4 Å². The lowest BCUT2D eigenvalue weighted by Crippen LogP contribution is -2.22. The quantitative estimate of drug-likeness (QED) is 0.145. The van der Waals surface area contributed by atoms with Crippen molar-refractivity contribution < 1.29 is 18.7 Å². The number of para-hydroxylation sites is 2. The monoisotopic (exact) mass is 650 g/mol. The summed E-state index contributed by atoms with van der Waals surface area (Å²) in [4.78, 5) is 16.2. The van der Waals surface area contributed by atoms with E-state index in [1.807, 2.05) is 24.3 Å². The van der Waals surface area contributed by atoms with Crippen LogP contribution in [0.15, 0.2) is 53.6 Å². The smallest absolute Gasteiger partial charge is 0.262 e. The summed E-state index contributed by atoms with van der Waals surface area (Å²) in [6.45, 7) is 5.26. The summed E-state index contributed by atoms with van der Waals surface area (Å²) in [7, 11) is 0. The van der Waals surface area contributed by atoms with Crippen LogP contribution < -0.4 is 14.8 Å². The van der Waals surface area contributed by atoms with Crippen LogP contribution in [-0.2, 0) is 11.3 Å². The molecule has 0 fully saturated rings. The van der Waals surface area contributed by atoms with Crippen LogP contribution >= 0.6 is 28.7 Å². The van der Waals surface area contributed by atoms with Gasteiger partial charge in [-0.3, -0.25) is 4.79 Å². The first-order valence-corrected chi connectivity index (χ1v) is 16.0. The highest BCUT2D eigenvalue weighted by Gasteiger charge is 2.15. The standard InChI is InChI=1S/C33H47FN2O3S.BrH/c1-3-4-5-6-7-8-9-10-11-12-13-16-22-38-33-29(34)19-17-21-31(33)39-25-32(37)35-30-20-15-14-18-28(30)24-36-23-27(2)40-26-36;/h14-15,17-21,23H,3-13,16,22,24-26H2,1-2H3,(H,35,37);1H. The second-order valence-electron chi connectivity index (χ2n) is 10.6. The highest BCUT2D eigenvalue weighted by Crippen LogP contribution is 2.31. The lowest BCUT2D eigenvalue weighted by molar-refractivity contribution is -0.118. The molecular weight excluding hydrogens is 603 g/mol. The molecule has 1 aliphatic heterocycles. The maximum absolute atomic E-state index is 14.5. The minimum absolute atomic E-state index is 0. The minimum atomic E-state index is -0.478. The predicted octanol–water partition coefficient (Wildman–Crippen LogP) is 9.87. The molecule has 0 aliphatic carbocycles. The zero-order valence-corrected chi connectivity index (χ0v) is 27.3. The van der Waals surface area contributed by atoms with Crippen LogP contribution in [0, 0.1) is 5.82 Å². The highest BCUT2D eigenvalue weighted by molar-refractivity contribution is 8.93. The Balaban J connectivity index is 0.00000588. The van der Waals surface area contributed by atoms with Crippen LogP contribution in [0.1, 0.15) is 96.5 Å². The summed E-state index contributed by atoms with van der Waals surface area (Å²) >= 11 is 1.80.